The number of hydrogen-bond acceptors (Lipinski definition) is 5. The highest BCUT2D eigenvalue weighted by Crippen LogP contribution is 2.23. The average Bonchev–Trinajstić information content (AvgIpc) is 2.58. The highest BCUT2D eigenvalue weighted by atomic mass is 32.2. The minimum atomic E-state index is -3.78. The van der Waals surface area contributed by atoms with E-state index in [2.05, 4.69) is 10.0 Å². The Balaban J connectivity index is 2.90. The summed E-state index contributed by atoms with van der Waals surface area (Å²) in [6.07, 6.45) is 3.38. The van der Waals surface area contributed by atoms with E-state index in [1.165, 1.54) is 18.2 Å². The molecule has 0 aliphatic carbocycles. The van der Waals surface area contributed by atoms with Crippen molar-refractivity contribution in [2.75, 3.05) is 31.6 Å². The van der Waals surface area contributed by atoms with Crippen LogP contribution in [0.5, 0.6) is 0 Å². The monoisotopic (exact) mass is 372 g/mol. The van der Waals surface area contributed by atoms with Gasteiger partial charge in [0, 0.05) is 26.3 Å². The molecule has 0 radical (unpaired) electrons. The fraction of sp³-hybridized carbons (Fsp3) is 0.588. The van der Waals surface area contributed by atoms with E-state index in [-0.39, 0.29) is 10.5 Å². The summed E-state index contributed by atoms with van der Waals surface area (Å²) in [6, 6.07) is 4.07. The number of hydrogen-bond donors (Lipinski definition) is 3. The Kier molecular flexibility index (Phi) is 9.48. The molecule has 0 spiro atoms. The van der Waals surface area contributed by atoms with Gasteiger partial charge < -0.3 is 15.2 Å². The maximum Gasteiger partial charge on any atom is 0.335 e. The summed E-state index contributed by atoms with van der Waals surface area (Å²) < 4.78 is 32.9. The van der Waals surface area contributed by atoms with E-state index < -0.39 is 16.0 Å². The maximum atomic E-state index is 12.6. The minimum absolute atomic E-state index is 0.0414. The predicted molar refractivity (Wildman–Crippen MR) is 97.7 cm³/mol. The summed E-state index contributed by atoms with van der Waals surface area (Å²) in [4.78, 5) is 11.1. The molecule has 0 aliphatic heterocycles. The summed E-state index contributed by atoms with van der Waals surface area (Å²) in [5.41, 5.74) is 0.332. The van der Waals surface area contributed by atoms with Crippen LogP contribution in [0.15, 0.2) is 23.1 Å². The predicted octanol–water partition coefficient (Wildman–Crippen LogP) is 2.69. The molecule has 3 N–H and O–H groups in total. The van der Waals surface area contributed by atoms with Gasteiger partial charge in [0.1, 0.15) is 4.90 Å². The van der Waals surface area contributed by atoms with E-state index in [0.717, 1.165) is 25.7 Å². The molecular weight excluding hydrogens is 344 g/mol. The quantitative estimate of drug-likeness (QED) is 0.460. The van der Waals surface area contributed by atoms with Gasteiger partial charge in [0.25, 0.3) is 0 Å². The molecule has 0 saturated carbocycles. The van der Waals surface area contributed by atoms with Crippen LogP contribution in [0.4, 0.5) is 5.69 Å². The molecule has 0 saturated heterocycles. The van der Waals surface area contributed by atoms with Crippen molar-refractivity contribution in [3.63, 3.8) is 0 Å². The first-order valence-electron chi connectivity index (χ1n) is 8.61. The average molecular weight is 372 g/mol. The third kappa shape index (κ3) is 7.41. The highest BCUT2D eigenvalue weighted by molar-refractivity contribution is 7.89. The van der Waals surface area contributed by atoms with Gasteiger partial charge in [-0.3, -0.25) is 0 Å². The van der Waals surface area contributed by atoms with Gasteiger partial charge in [-0.25, -0.2) is 17.9 Å². The number of benzene rings is 1. The maximum absolute atomic E-state index is 12.6. The molecule has 0 aromatic heterocycles. The van der Waals surface area contributed by atoms with Crippen LogP contribution in [-0.2, 0) is 14.8 Å². The van der Waals surface area contributed by atoms with Gasteiger partial charge in [-0.1, -0.05) is 19.8 Å². The van der Waals surface area contributed by atoms with Crippen molar-refractivity contribution in [3.05, 3.63) is 23.8 Å². The lowest BCUT2D eigenvalue weighted by Crippen LogP contribution is -2.26. The van der Waals surface area contributed by atoms with Crippen molar-refractivity contribution in [2.45, 2.75) is 44.4 Å². The fourth-order valence-electron chi connectivity index (χ4n) is 2.22. The van der Waals surface area contributed by atoms with Crippen LogP contribution in [0, 0.1) is 0 Å². The van der Waals surface area contributed by atoms with Gasteiger partial charge in [0.15, 0.2) is 0 Å². The number of carboxylic acids is 1. The van der Waals surface area contributed by atoms with Crippen LogP contribution in [0.3, 0.4) is 0 Å². The first-order valence-corrected chi connectivity index (χ1v) is 10.1. The second kappa shape index (κ2) is 11.1. The Bertz CT molecular complexity index is 646. The van der Waals surface area contributed by atoms with Crippen molar-refractivity contribution in [2.24, 2.45) is 0 Å². The van der Waals surface area contributed by atoms with E-state index in [1.54, 1.807) is 0 Å². The molecule has 0 bridgehead atoms. The van der Waals surface area contributed by atoms with Crippen LogP contribution in [-0.4, -0.2) is 45.8 Å². The zero-order valence-electron chi connectivity index (χ0n) is 14.9. The van der Waals surface area contributed by atoms with Gasteiger partial charge >= 0.3 is 5.97 Å². The number of sulfonamides is 1. The summed E-state index contributed by atoms with van der Waals surface area (Å²) in [5, 5.41) is 12.2. The minimum Gasteiger partial charge on any atom is -0.478 e. The second-order valence-electron chi connectivity index (χ2n) is 5.60. The van der Waals surface area contributed by atoms with Crippen LogP contribution in [0.25, 0.3) is 0 Å². The second-order valence-corrected chi connectivity index (χ2v) is 7.33. The Morgan fingerprint density at radius 1 is 1.16 bits per heavy atom. The van der Waals surface area contributed by atoms with Crippen molar-refractivity contribution in [3.8, 4) is 0 Å². The van der Waals surface area contributed by atoms with E-state index in [1.807, 2.05) is 13.8 Å². The van der Waals surface area contributed by atoms with Crippen molar-refractivity contribution in [1.82, 2.24) is 4.72 Å². The Morgan fingerprint density at radius 2 is 1.92 bits per heavy atom. The van der Waals surface area contributed by atoms with Gasteiger partial charge in [-0.05, 0) is 38.0 Å². The highest BCUT2D eigenvalue weighted by Gasteiger charge is 2.20. The Labute approximate surface area is 149 Å². The van der Waals surface area contributed by atoms with E-state index >= 15 is 0 Å². The number of ether oxygens (including phenoxy) is 1. The van der Waals surface area contributed by atoms with E-state index in [4.69, 9.17) is 9.84 Å². The van der Waals surface area contributed by atoms with Crippen LogP contribution in [0.2, 0.25) is 0 Å². The third-order valence-corrected chi connectivity index (χ3v) is 5.08. The Hall–Kier alpha value is -1.64. The lowest BCUT2D eigenvalue weighted by molar-refractivity contribution is 0.0696. The lowest BCUT2D eigenvalue weighted by atomic mass is 10.2. The van der Waals surface area contributed by atoms with Gasteiger partial charge in [0.05, 0.1) is 11.3 Å². The number of anilines is 1. The summed E-state index contributed by atoms with van der Waals surface area (Å²) in [7, 11) is -3.78. The zero-order chi connectivity index (χ0) is 18.7. The number of nitrogens with one attached hydrogen (secondary N) is 2. The van der Waals surface area contributed by atoms with Crippen LogP contribution in [0.1, 0.15) is 49.9 Å². The third-order valence-electron chi connectivity index (χ3n) is 3.58. The number of rotatable bonds is 13. The van der Waals surface area contributed by atoms with Gasteiger partial charge in [-0.2, -0.15) is 0 Å². The van der Waals surface area contributed by atoms with Crippen molar-refractivity contribution >= 4 is 21.7 Å². The normalized spacial score (nSPS) is 11.4. The molecule has 1 rings (SSSR count). The van der Waals surface area contributed by atoms with E-state index in [9.17, 15) is 13.2 Å². The topological polar surface area (TPSA) is 105 Å². The molecule has 142 valence electrons. The summed E-state index contributed by atoms with van der Waals surface area (Å²) in [5.74, 6) is -1.16. The molecule has 0 unspecified atom stereocenters. The standard InChI is InChI=1S/C17H28N2O5S/c1-3-5-6-11-19-25(22,23)16-13-14(17(20)21)8-9-15(16)18-10-7-12-24-4-2/h8-9,13,18-19H,3-7,10-12H2,1-2H3,(H,20,21). The molecule has 0 heterocycles. The van der Waals surface area contributed by atoms with Crippen molar-refractivity contribution < 1.29 is 23.1 Å². The summed E-state index contributed by atoms with van der Waals surface area (Å²) in [6.45, 7) is 6.02. The molecule has 1 aromatic carbocycles. The molecular formula is C17H28N2O5S. The summed E-state index contributed by atoms with van der Waals surface area (Å²) >= 11 is 0. The smallest absolute Gasteiger partial charge is 0.335 e. The van der Waals surface area contributed by atoms with Crippen molar-refractivity contribution in [1.29, 1.82) is 0 Å². The number of carbonyl (C=O) groups is 1. The molecule has 1 aromatic rings. The molecule has 0 atom stereocenters. The number of carboxylic acid groups (broad SMARTS) is 1. The zero-order valence-corrected chi connectivity index (χ0v) is 15.7. The van der Waals surface area contributed by atoms with Gasteiger partial charge in [0.2, 0.25) is 10.0 Å². The van der Waals surface area contributed by atoms with Gasteiger partial charge in [-0.15, -0.1) is 0 Å². The molecule has 8 heteroatoms. The molecule has 0 fully saturated rings. The molecule has 25 heavy (non-hydrogen) atoms. The lowest BCUT2D eigenvalue weighted by Gasteiger charge is -2.14. The SMILES string of the molecule is CCCCCNS(=O)(=O)c1cc(C(=O)O)ccc1NCCCOCC. The first kappa shape index (κ1) is 21.4. The largest absolute Gasteiger partial charge is 0.478 e. The van der Waals surface area contributed by atoms with E-state index in [0.29, 0.717) is 32.0 Å². The fourth-order valence-corrected chi connectivity index (χ4v) is 3.51. The molecule has 0 aliphatic rings. The first-order chi connectivity index (χ1) is 11.9. The van der Waals surface area contributed by atoms with Crippen LogP contribution >= 0.6 is 0 Å². The number of aromatic carboxylic acids is 1. The van der Waals surface area contributed by atoms with Crippen LogP contribution < -0.4 is 10.0 Å². The number of unbranched alkanes of at least 4 members (excludes halogenated alkanes) is 2. The molecule has 0 amide bonds. The Morgan fingerprint density at radius 3 is 2.56 bits per heavy atom. The molecule has 7 nitrogen and oxygen atoms in total.